The second kappa shape index (κ2) is 9.08. The predicted molar refractivity (Wildman–Crippen MR) is 132 cm³/mol. The van der Waals surface area contributed by atoms with Gasteiger partial charge >= 0.3 is 0 Å². The summed E-state index contributed by atoms with van der Waals surface area (Å²) in [5, 5.41) is -1.13. The van der Waals surface area contributed by atoms with Crippen molar-refractivity contribution < 1.29 is 17.9 Å². The Hall–Kier alpha value is -3.64. The minimum Gasteiger partial charge on any atom is -0.496 e. The number of ether oxygens (including phenoxy) is 1. The van der Waals surface area contributed by atoms with Gasteiger partial charge in [0.15, 0.2) is 5.37 Å². The zero-order valence-electron chi connectivity index (χ0n) is 18.7. The highest BCUT2D eigenvalue weighted by Gasteiger charge is 2.50. The van der Waals surface area contributed by atoms with Gasteiger partial charge in [-0.15, -0.1) is 0 Å². The fraction of sp³-hybridized carbons (Fsp3) is 0.148. The van der Waals surface area contributed by atoms with Crippen molar-refractivity contribution in [3.63, 3.8) is 0 Å². The van der Waals surface area contributed by atoms with Gasteiger partial charge in [0, 0.05) is 11.3 Å². The Morgan fingerprint density at radius 3 is 2.21 bits per heavy atom. The van der Waals surface area contributed by atoms with Crippen LogP contribution in [-0.4, -0.2) is 21.4 Å². The summed E-state index contributed by atoms with van der Waals surface area (Å²) in [4.78, 5) is 14.7. The van der Waals surface area contributed by atoms with Crippen LogP contribution in [0.5, 0.6) is 5.75 Å². The van der Waals surface area contributed by atoms with E-state index in [-0.39, 0.29) is 4.91 Å². The molecule has 3 aromatic rings. The quantitative estimate of drug-likeness (QED) is 0.481. The molecule has 33 heavy (non-hydrogen) atoms. The summed E-state index contributed by atoms with van der Waals surface area (Å²) in [5.41, 5.74) is 3.80. The molecule has 1 saturated heterocycles. The number of carbonyl (C=O) groups is 1. The molecule has 5 nitrogen and oxygen atoms in total. The van der Waals surface area contributed by atoms with E-state index in [9.17, 15) is 13.2 Å². The number of methoxy groups -OCH3 is 1. The van der Waals surface area contributed by atoms with Crippen molar-refractivity contribution in [2.24, 2.45) is 0 Å². The molecule has 0 bridgehead atoms. The molecule has 1 unspecified atom stereocenters. The lowest BCUT2D eigenvalue weighted by Gasteiger charge is -2.24. The molecule has 0 N–H and O–H groups in total. The number of aryl methyl sites for hydroxylation is 2. The molecule has 4 rings (SSSR count). The van der Waals surface area contributed by atoms with Crippen LogP contribution in [0.4, 0.5) is 5.69 Å². The Labute approximate surface area is 194 Å². The van der Waals surface area contributed by atoms with Gasteiger partial charge in [-0.3, -0.25) is 9.69 Å². The van der Waals surface area contributed by atoms with E-state index in [4.69, 9.17) is 4.74 Å². The number of anilines is 1. The van der Waals surface area contributed by atoms with E-state index in [1.807, 2.05) is 62.4 Å². The number of benzene rings is 3. The molecule has 0 aromatic heterocycles. The van der Waals surface area contributed by atoms with Crippen molar-refractivity contribution in [2.45, 2.75) is 19.2 Å². The van der Waals surface area contributed by atoms with E-state index in [0.29, 0.717) is 17.0 Å². The van der Waals surface area contributed by atoms with E-state index in [0.717, 1.165) is 16.7 Å². The molecule has 0 radical (unpaired) electrons. The van der Waals surface area contributed by atoms with Crippen LogP contribution in [0.15, 0.2) is 89.9 Å². The van der Waals surface area contributed by atoms with Crippen LogP contribution in [0.25, 0.3) is 6.08 Å². The lowest BCUT2D eigenvalue weighted by Crippen LogP contribution is -2.29. The Morgan fingerprint density at radius 2 is 1.55 bits per heavy atom. The van der Waals surface area contributed by atoms with E-state index in [1.165, 1.54) is 11.0 Å². The molecule has 1 atom stereocenters. The average Bonchev–Trinajstić information content (AvgIpc) is 2.99. The zero-order valence-corrected chi connectivity index (χ0v) is 19.5. The largest absolute Gasteiger partial charge is 0.496 e. The van der Waals surface area contributed by atoms with Crippen molar-refractivity contribution in [1.29, 1.82) is 0 Å². The Bertz CT molecular complexity index is 1340. The Kier molecular flexibility index (Phi) is 6.20. The molecule has 1 heterocycles. The molecular weight excluding hydrogens is 434 g/mol. The van der Waals surface area contributed by atoms with Crippen molar-refractivity contribution >= 4 is 27.5 Å². The molecule has 1 fully saturated rings. The van der Waals surface area contributed by atoms with Gasteiger partial charge in [0.2, 0.25) is 9.84 Å². The fourth-order valence-electron chi connectivity index (χ4n) is 4.10. The normalized spacial score (nSPS) is 18.9. The van der Waals surface area contributed by atoms with E-state index >= 15 is 0 Å². The van der Waals surface area contributed by atoms with Crippen LogP contribution in [0.2, 0.25) is 0 Å². The number of nitrogens with zero attached hydrogens (tertiary/aromatic N) is 1. The standard InChI is InChI=1S/C27H25NO4S/c1-19-16-20(2)18-23(17-19)28-26(29)25(15-9-13-21-10-7-8-14-24(21)32-3)33(30,31)27(28)22-11-5-4-6-12-22/h4-18,27H,1-3H3/b13-9+,25-15-. The smallest absolute Gasteiger partial charge is 0.271 e. The molecule has 3 aromatic carbocycles. The molecule has 0 aliphatic carbocycles. The van der Waals surface area contributed by atoms with Crippen molar-refractivity contribution in [3.05, 3.63) is 112 Å². The highest BCUT2D eigenvalue weighted by molar-refractivity contribution is 7.97. The molecular formula is C27H25NO4S. The number of rotatable bonds is 5. The molecule has 1 amide bonds. The SMILES string of the molecule is COc1ccccc1/C=C/C=C1/C(=O)N(c2cc(C)cc(C)c2)C(c2ccccc2)S1(=O)=O. The van der Waals surface area contributed by atoms with Gasteiger partial charge in [0.1, 0.15) is 10.7 Å². The van der Waals surface area contributed by atoms with Crippen LogP contribution < -0.4 is 9.64 Å². The summed E-state index contributed by atoms with van der Waals surface area (Å²) in [6.07, 6.45) is 4.68. The van der Waals surface area contributed by atoms with Gasteiger partial charge in [-0.25, -0.2) is 8.42 Å². The third-order valence-electron chi connectivity index (χ3n) is 5.50. The lowest BCUT2D eigenvalue weighted by molar-refractivity contribution is -0.114. The summed E-state index contributed by atoms with van der Waals surface area (Å²) in [5.74, 6) is 0.116. The van der Waals surface area contributed by atoms with Gasteiger partial charge in [-0.1, -0.05) is 66.7 Å². The third-order valence-corrected chi connectivity index (χ3v) is 7.49. The first-order valence-corrected chi connectivity index (χ1v) is 12.1. The van der Waals surface area contributed by atoms with E-state index < -0.39 is 21.1 Å². The van der Waals surface area contributed by atoms with Gasteiger partial charge in [0.05, 0.1) is 7.11 Å². The second-order valence-corrected chi connectivity index (χ2v) is 9.94. The number of hydrogen-bond donors (Lipinski definition) is 0. The summed E-state index contributed by atoms with van der Waals surface area (Å²) in [6.45, 7) is 3.85. The number of carbonyl (C=O) groups excluding carboxylic acids is 1. The topological polar surface area (TPSA) is 63.7 Å². The molecule has 168 valence electrons. The second-order valence-electron chi connectivity index (χ2n) is 7.96. The summed E-state index contributed by atoms with van der Waals surface area (Å²) < 4.78 is 32.6. The van der Waals surface area contributed by atoms with Gasteiger partial charge in [0.25, 0.3) is 5.91 Å². The highest BCUT2D eigenvalue weighted by Crippen LogP contribution is 2.43. The minimum atomic E-state index is -3.97. The van der Waals surface area contributed by atoms with Crippen molar-refractivity contribution in [3.8, 4) is 5.75 Å². The fourth-order valence-corrected chi connectivity index (χ4v) is 5.96. The number of sulfone groups is 1. The van der Waals surface area contributed by atoms with E-state index in [1.54, 1.807) is 43.5 Å². The Balaban J connectivity index is 1.83. The van der Waals surface area contributed by atoms with Crippen LogP contribution in [0.3, 0.4) is 0 Å². The summed E-state index contributed by atoms with van der Waals surface area (Å²) in [7, 11) is -2.40. The van der Waals surface area contributed by atoms with Crippen molar-refractivity contribution in [2.75, 3.05) is 12.0 Å². The number of amides is 1. The van der Waals surface area contributed by atoms with Crippen molar-refractivity contribution in [1.82, 2.24) is 0 Å². The van der Waals surface area contributed by atoms with Gasteiger partial charge in [-0.05, 0) is 54.8 Å². The first kappa shape index (κ1) is 22.6. The average molecular weight is 460 g/mol. The third kappa shape index (κ3) is 4.34. The van der Waals surface area contributed by atoms with Gasteiger partial charge in [-0.2, -0.15) is 0 Å². The number of hydrogen-bond acceptors (Lipinski definition) is 4. The molecule has 6 heteroatoms. The zero-order chi connectivity index (χ0) is 23.6. The maximum absolute atomic E-state index is 13.6. The van der Waals surface area contributed by atoms with Gasteiger partial charge < -0.3 is 4.74 Å². The first-order valence-electron chi connectivity index (χ1n) is 10.5. The number of allylic oxidation sites excluding steroid dienone is 2. The van der Waals surface area contributed by atoms with Crippen LogP contribution >= 0.6 is 0 Å². The summed E-state index contributed by atoms with van der Waals surface area (Å²) in [6, 6.07) is 21.9. The lowest BCUT2D eigenvalue weighted by atomic mass is 10.1. The summed E-state index contributed by atoms with van der Waals surface area (Å²) >= 11 is 0. The molecule has 1 aliphatic rings. The maximum Gasteiger partial charge on any atom is 0.271 e. The molecule has 0 spiro atoms. The first-order chi connectivity index (χ1) is 15.8. The molecule has 1 aliphatic heterocycles. The predicted octanol–water partition coefficient (Wildman–Crippen LogP) is 5.37. The minimum absolute atomic E-state index is 0.235. The van der Waals surface area contributed by atoms with Crippen LogP contribution in [0.1, 0.15) is 27.6 Å². The number of para-hydroxylation sites is 1. The highest BCUT2D eigenvalue weighted by atomic mass is 32.2. The molecule has 0 saturated carbocycles. The monoisotopic (exact) mass is 459 g/mol. The maximum atomic E-state index is 13.6. The van der Waals surface area contributed by atoms with Crippen LogP contribution in [0, 0.1) is 13.8 Å². The Morgan fingerprint density at radius 1 is 0.909 bits per heavy atom. The van der Waals surface area contributed by atoms with Crippen LogP contribution in [-0.2, 0) is 14.6 Å². The van der Waals surface area contributed by atoms with E-state index in [2.05, 4.69) is 0 Å².